The summed E-state index contributed by atoms with van der Waals surface area (Å²) in [5.41, 5.74) is 3.69. The maximum Gasteiger partial charge on any atom is 0.178 e. The second-order valence-electron chi connectivity index (χ2n) is 8.31. The average molecular weight is 383 g/mol. The van der Waals surface area contributed by atoms with Crippen molar-refractivity contribution in [2.45, 2.75) is 38.5 Å². The van der Waals surface area contributed by atoms with E-state index in [4.69, 9.17) is 0 Å². The number of tetrazole rings is 1. The quantitative estimate of drug-likeness (QED) is 0.698. The molecule has 1 aliphatic rings. The third kappa shape index (κ3) is 4.84. The summed E-state index contributed by atoms with van der Waals surface area (Å²) in [5.74, 6) is -1.62. The minimum absolute atomic E-state index is 0.360. The molecule has 28 heavy (non-hydrogen) atoms. The molecule has 2 aromatic rings. The lowest BCUT2D eigenvalue weighted by molar-refractivity contribution is -0.885. The molecule has 7 heteroatoms. The maximum absolute atomic E-state index is 11.7. The van der Waals surface area contributed by atoms with Gasteiger partial charge in [0.15, 0.2) is 5.82 Å². The number of aromatic amines is 1. The van der Waals surface area contributed by atoms with Crippen LogP contribution in [0.5, 0.6) is 0 Å². The van der Waals surface area contributed by atoms with Crippen molar-refractivity contribution in [1.82, 2.24) is 20.6 Å². The first kappa shape index (κ1) is 20.2. The Labute approximate surface area is 166 Å². The third-order valence-corrected chi connectivity index (χ3v) is 5.68. The molecule has 0 saturated heterocycles. The molecule has 0 unspecified atom stereocenters. The molecule has 1 N–H and O–H groups in total. The molecule has 3 rings (SSSR count). The summed E-state index contributed by atoms with van der Waals surface area (Å²) in [6.07, 6.45) is 5.23. The monoisotopic (exact) mass is 383 g/mol. The number of carbonyl (C=O) groups excluding carboxylic acids is 1. The van der Waals surface area contributed by atoms with E-state index in [9.17, 15) is 9.90 Å². The zero-order valence-electron chi connectivity index (χ0n) is 16.9. The smallest absolute Gasteiger partial charge is 0.178 e. The SMILES string of the molecule is CCC[C@H](C(=O)[O-])[C@H](Cc1ccc(C2=CC[N+](C)(C)CC2)cc1)c1nn[nH]n1. The number of aliphatic carboxylic acids is 1. The highest BCUT2D eigenvalue weighted by molar-refractivity contribution is 5.69. The lowest BCUT2D eigenvalue weighted by atomic mass is 9.83. The van der Waals surface area contributed by atoms with Gasteiger partial charge in [-0.25, -0.2) is 0 Å². The molecule has 0 bridgehead atoms. The topological polar surface area (TPSA) is 94.6 Å². The van der Waals surface area contributed by atoms with Gasteiger partial charge in [-0.05, 0) is 35.6 Å². The van der Waals surface area contributed by atoms with Gasteiger partial charge in [-0.2, -0.15) is 5.21 Å². The van der Waals surface area contributed by atoms with E-state index in [0.717, 1.165) is 36.0 Å². The van der Waals surface area contributed by atoms with Crippen molar-refractivity contribution in [3.05, 3.63) is 47.3 Å². The van der Waals surface area contributed by atoms with Gasteiger partial charge >= 0.3 is 0 Å². The molecule has 7 nitrogen and oxygen atoms in total. The van der Waals surface area contributed by atoms with Crippen LogP contribution in [-0.4, -0.2) is 58.3 Å². The van der Waals surface area contributed by atoms with Crippen LogP contribution in [0.1, 0.15) is 49.1 Å². The number of carbonyl (C=O) groups is 1. The van der Waals surface area contributed by atoms with Crippen LogP contribution in [0.2, 0.25) is 0 Å². The molecule has 1 aliphatic heterocycles. The predicted molar refractivity (Wildman–Crippen MR) is 105 cm³/mol. The Morgan fingerprint density at radius 3 is 2.57 bits per heavy atom. The average Bonchev–Trinajstić information content (AvgIpc) is 3.19. The number of hydrogen-bond acceptors (Lipinski definition) is 5. The molecule has 0 spiro atoms. The van der Waals surface area contributed by atoms with Crippen molar-refractivity contribution in [3.8, 4) is 0 Å². The Morgan fingerprint density at radius 2 is 2.04 bits per heavy atom. The van der Waals surface area contributed by atoms with Gasteiger partial charge in [0, 0.05) is 24.2 Å². The number of quaternary nitrogens is 1. The van der Waals surface area contributed by atoms with Gasteiger partial charge in [0.25, 0.3) is 0 Å². The summed E-state index contributed by atoms with van der Waals surface area (Å²) < 4.78 is 1.02. The molecule has 0 saturated carbocycles. The molecule has 0 fully saturated rings. The van der Waals surface area contributed by atoms with Crippen LogP contribution >= 0.6 is 0 Å². The summed E-state index contributed by atoms with van der Waals surface area (Å²) in [6, 6.07) is 8.42. The van der Waals surface area contributed by atoms with Crippen molar-refractivity contribution >= 4 is 11.5 Å². The van der Waals surface area contributed by atoms with E-state index in [1.165, 1.54) is 11.1 Å². The van der Waals surface area contributed by atoms with E-state index in [2.05, 4.69) is 65.1 Å². The first-order valence-electron chi connectivity index (χ1n) is 9.94. The summed E-state index contributed by atoms with van der Waals surface area (Å²) >= 11 is 0. The normalized spacial score (nSPS) is 18.3. The molecule has 150 valence electrons. The Kier molecular flexibility index (Phi) is 6.24. The van der Waals surface area contributed by atoms with Crippen molar-refractivity contribution in [2.24, 2.45) is 5.92 Å². The number of benzene rings is 1. The Morgan fingerprint density at radius 1 is 1.29 bits per heavy atom. The van der Waals surface area contributed by atoms with Crippen LogP contribution in [0.4, 0.5) is 0 Å². The van der Waals surface area contributed by atoms with Crippen molar-refractivity contribution < 1.29 is 14.4 Å². The Bertz CT molecular complexity index is 812. The first-order chi connectivity index (χ1) is 13.4. The van der Waals surface area contributed by atoms with Crippen LogP contribution in [0.15, 0.2) is 30.3 Å². The van der Waals surface area contributed by atoms with E-state index in [1.807, 2.05) is 6.92 Å². The van der Waals surface area contributed by atoms with Gasteiger partial charge in [-0.15, -0.1) is 10.2 Å². The number of carboxylic acids is 1. The fourth-order valence-corrected chi connectivity index (χ4v) is 3.88. The number of nitrogens with zero attached hydrogens (tertiary/aromatic N) is 4. The number of aromatic nitrogens is 4. The second-order valence-corrected chi connectivity index (χ2v) is 8.31. The number of H-pyrrole nitrogens is 1. The highest BCUT2D eigenvalue weighted by Gasteiger charge is 2.28. The summed E-state index contributed by atoms with van der Waals surface area (Å²) in [7, 11) is 4.50. The van der Waals surface area contributed by atoms with Crippen LogP contribution in [0, 0.1) is 5.92 Å². The van der Waals surface area contributed by atoms with Crippen molar-refractivity contribution in [2.75, 3.05) is 27.2 Å². The van der Waals surface area contributed by atoms with Gasteiger partial charge in [0.05, 0.1) is 27.2 Å². The highest BCUT2D eigenvalue weighted by atomic mass is 16.4. The van der Waals surface area contributed by atoms with E-state index in [-0.39, 0.29) is 5.92 Å². The zero-order valence-corrected chi connectivity index (χ0v) is 16.9. The molecule has 1 aromatic heterocycles. The summed E-state index contributed by atoms with van der Waals surface area (Å²) in [4.78, 5) is 11.7. The highest BCUT2D eigenvalue weighted by Crippen LogP contribution is 2.30. The van der Waals surface area contributed by atoms with Crippen molar-refractivity contribution in [3.63, 3.8) is 0 Å². The lowest BCUT2D eigenvalue weighted by Gasteiger charge is -2.32. The fraction of sp³-hybridized carbons (Fsp3) is 0.524. The van der Waals surface area contributed by atoms with E-state index >= 15 is 0 Å². The molecule has 0 radical (unpaired) electrons. The van der Waals surface area contributed by atoms with Crippen LogP contribution in [0.25, 0.3) is 5.57 Å². The minimum Gasteiger partial charge on any atom is -0.550 e. The molecule has 2 heterocycles. The molecule has 2 atom stereocenters. The summed E-state index contributed by atoms with van der Waals surface area (Å²) in [5, 5.41) is 25.9. The van der Waals surface area contributed by atoms with Gasteiger partial charge < -0.3 is 14.4 Å². The Hall–Kier alpha value is -2.54. The van der Waals surface area contributed by atoms with Crippen LogP contribution in [-0.2, 0) is 11.2 Å². The number of hydrogen-bond donors (Lipinski definition) is 1. The van der Waals surface area contributed by atoms with Crippen LogP contribution in [0.3, 0.4) is 0 Å². The maximum atomic E-state index is 11.7. The number of likely N-dealkylation sites (N-methyl/N-ethyl adjacent to an activating group) is 1. The van der Waals surface area contributed by atoms with E-state index in [1.54, 1.807) is 0 Å². The van der Waals surface area contributed by atoms with Gasteiger partial charge in [-0.1, -0.05) is 42.8 Å². The Balaban J connectivity index is 1.78. The van der Waals surface area contributed by atoms with E-state index in [0.29, 0.717) is 18.7 Å². The van der Waals surface area contributed by atoms with E-state index < -0.39 is 11.9 Å². The molecule has 1 aromatic carbocycles. The fourth-order valence-electron chi connectivity index (χ4n) is 3.88. The van der Waals surface area contributed by atoms with Crippen molar-refractivity contribution in [1.29, 1.82) is 0 Å². The second kappa shape index (κ2) is 8.65. The first-order valence-corrected chi connectivity index (χ1v) is 9.94. The van der Waals surface area contributed by atoms with Gasteiger partial charge in [0.2, 0.25) is 0 Å². The predicted octanol–water partition coefficient (Wildman–Crippen LogP) is 1.56. The number of rotatable bonds is 8. The molecular formula is C21H29N5O2. The number of carboxylic acid groups (broad SMARTS) is 1. The third-order valence-electron chi connectivity index (χ3n) is 5.68. The lowest BCUT2D eigenvalue weighted by Crippen LogP contribution is -2.42. The summed E-state index contributed by atoms with van der Waals surface area (Å²) in [6.45, 7) is 4.15. The zero-order chi connectivity index (χ0) is 20.1. The van der Waals surface area contributed by atoms with Gasteiger partial charge in [-0.3, -0.25) is 0 Å². The standard InChI is InChI=1S/C21H29N5O2/c1-4-5-18(21(27)28)19(20-22-24-25-23-20)14-15-6-8-16(9-7-15)17-10-12-26(2,3)13-11-17/h6-10,18-19H,4-5,11-14H2,1-3H3,(H-,22,23,24,25,27,28)/t18-,19-/m0/s1. The van der Waals surface area contributed by atoms with Crippen LogP contribution < -0.4 is 5.11 Å². The number of nitrogens with one attached hydrogen (secondary N) is 1. The van der Waals surface area contributed by atoms with Gasteiger partial charge in [0.1, 0.15) is 0 Å². The largest absolute Gasteiger partial charge is 0.550 e. The molecule has 0 amide bonds. The molecule has 0 aliphatic carbocycles. The molecular weight excluding hydrogens is 354 g/mol. The minimum atomic E-state index is -1.05.